The normalized spacial score (nSPS) is 10.6. The molecule has 0 saturated carbocycles. The molecule has 0 aliphatic carbocycles. The SMILES string of the molecule is O=c1[nH]cnn2c(I)ccc12. The van der Waals surface area contributed by atoms with Crippen molar-refractivity contribution < 1.29 is 0 Å². The molecule has 2 aromatic heterocycles. The second-order valence-electron chi connectivity index (χ2n) is 2.07. The van der Waals surface area contributed by atoms with Crippen LogP contribution in [0, 0.1) is 3.70 Å². The average molecular weight is 261 g/mol. The third-order valence-electron chi connectivity index (χ3n) is 1.41. The van der Waals surface area contributed by atoms with E-state index in [1.807, 2.05) is 6.07 Å². The minimum Gasteiger partial charge on any atom is -0.310 e. The first-order valence-electron chi connectivity index (χ1n) is 3.00. The molecule has 2 aromatic rings. The summed E-state index contributed by atoms with van der Waals surface area (Å²) in [6.07, 6.45) is 1.39. The van der Waals surface area contributed by atoms with Gasteiger partial charge in [0.25, 0.3) is 5.56 Å². The summed E-state index contributed by atoms with van der Waals surface area (Å²) in [7, 11) is 0. The number of halogens is 1. The van der Waals surface area contributed by atoms with E-state index in [2.05, 4.69) is 32.7 Å². The van der Waals surface area contributed by atoms with Crippen molar-refractivity contribution in [2.24, 2.45) is 0 Å². The maximum absolute atomic E-state index is 11.1. The Kier molecular flexibility index (Phi) is 1.45. The molecule has 0 aliphatic heterocycles. The Balaban J connectivity index is 3.06. The summed E-state index contributed by atoms with van der Waals surface area (Å²) in [4.78, 5) is 13.6. The van der Waals surface area contributed by atoms with Gasteiger partial charge in [-0.2, -0.15) is 5.10 Å². The van der Waals surface area contributed by atoms with Gasteiger partial charge in [-0.25, -0.2) is 4.52 Å². The highest BCUT2D eigenvalue weighted by Gasteiger charge is 2.00. The molecule has 0 atom stereocenters. The summed E-state index contributed by atoms with van der Waals surface area (Å²) in [5, 5.41) is 3.96. The zero-order chi connectivity index (χ0) is 7.84. The largest absolute Gasteiger partial charge is 0.310 e. The Morgan fingerprint density at radius 2 is 2.36 bits per heavy atom. The molecular formula is C6H4IN3O. The first-order valence-corrected chi connectivity index (χ1v) is 4.08. The average Bonchev–Trinajstić information content (AvgIpc) is 2.35. The monoisotopic (exact) mass is 261 g/mol. The third kappa shape index (κ3) is 0.953. The van der Waals surface area contributed by atoms with Gasteiger partial charge in [0.1, 0.15) is 15.5 Å². The van der Waals surface area contributed by atoms with Gasteiger partial charge in [0.2, 0.25) is 0 Å². The van der Waals surface area contributed by atoms with Crippen LogP contribution in [0.3, 0.4) is 0 Å². The van der Waals surface area contributed by atoms with Gasteiger partial charge in [-0.05, 0) is 34.7 Å². The summed E-state index contributed by atoms with van der Waals surface area (Å²) in [6.45, 7) is 0. The van der Waals surface area contributed by atoms with Gasteiger partial charge < -0.3 is 4.98 Å². The standard InChI is InChI=1S/C6H4IN3O/c7-5-2-1-4-6(11)8-3-9-10(4)5/h1-3H,(H,8,9,11). The number of rotatable bonds is 0. The minimum absolute atomic E-state index is 0.108. The molecule has 0 radical (unpaired) electrons. The third-order valence-corrected chi connectivity index (χ3v) is 2.23. The van der Waals surface area contributed by atoms with Crippen LogP contribution in [0.4, 0.5) is 0 Å². The Morgan fingerprint density at radius 1 is 1.55 bits per heavy atom. The van der Waals surface area contributed by atoms with E-state index in [1.165, 1.54) is 6.33 Å². The van der Waals surface area contributed by atoms with Crippen molar-refractivity contribution in [1.82, 2.24) is 14.6 Å². The molecule has 0 aromatic carbocycles. The predicted octanol–water partition coefficient (Wildman–Crippen LogP) is 0.627. The fraction of sp³-hybridized carbons (Fsp3) is 0. The van der Waals surface area contributed by atoms with E-state index >= 15 is 0 Å². The van der Waals surface area contributed by atoms with Gasteiger partial charge in [-0.15, -0.1) is 0 Å². The molecule has 0 amide bonds. The Labute approximate surface area is 75.4 Å². The number of fused-ring (bicyclic) bond motifs is 1. The van der Waals surface area contributed by atoms with Gasteiger partial charge in [0.15, 0.2) is 0 Å². The van der Waals surface area contributed by atoms with E-state index in [0.29, 0.717) is 5.52 Å². The first-order chi connectivity index (χ1) is 5.29. The summed E-state index contributed by atoms with van der Waals surface area (Å²) >= 11 is 2.12. The fourth-order valence-electron chi connectivity index (χ4n) is 0.912. The van der Waals surface area contributed by atoms with Crippen LogP contribution in [0.5, 0.6) is 0 Å². The van der Waals surface area contributed by atoms with Crippen molar-refractivity contribution in [2.75, 3.05) is 0 Å². The lowest BCUT2D eigenvalue weighted by Gasteiger charge is -1.90. The van der Waals surface area contributed by atoms with Crippen LogP contribution in [-0.4, -0.2) is 14.6 Å². The lowest BCUT2D eigenvalue weighted by Crippen LogP contribution is -2.10. The highest BCUT2D eigenvalue weighted by atomic mass is 127. The number of H-pyrrole nitrogens is 1. The molecule has 0 spiro atoms. The van der Waals surface area contributed by atoms with Crippen LogP contribution in [0.2, 0.25) is 0 Å². The zero-order valence-electron chi connectivity index (χ0n) is 5.41. The number of hydrogen-bond donors (Lipinski definition) is 1. The molecule has 2 heterocycles. The molecule has 0 bridgehead atoms. The smallest absolute Gasteiger partial charge is 0.275 e. The molecule has 0 saturated heterocycles. The van der Waals surface area contributed by atoms with E-state index in [9.17, 15) is 4.79 Å². The number of nitrogens with one attached hydrogen (secondary N) is 1. The Hall–Kier alpha value is -0.850. The van der Waals surface area contributed by atoms with Crippen LogP contribution in [-0.2, 0) is 0 Å². The summed E-state index contributed by atoms with van der Waals surface area (Å²) in [5.41, 5.74) is 0.472. The van der Waals surface area contributed by atoms with Crippen LogP contribution in [0.1, 0.15) is 0 Å². The second-order valence-corrected chi connectivity index (χ2v) is 3.18. The predicted molar refractivity (Wildman–Crippen MR) is 48.5 cm³/mol. The quantitative estimate of drug-likeness (QED) is 0.707. The molecule has 56 valence electrons. The summed E-state index contributed by atoms with van der Waals surface area (Å²) in [5.74, 6) is 0. The van der Waals surface area contributed by atoms with Crippen molar-refractivity contribution in [2.45, 2.75) is 0 Å². The van der Waals surface area contributed by atoms with Crippen LogP contribution in [0.25, 0.3) is 5.52 Å². The molecule has 0 unspecified atom stereocenters. The van der Waals surface area contributed by atoms with Gasteiger partial charge in [0.05, 0.1) is 0 Å². The van der Waals surface area contributed by atoms with E-state index < -0.39 is 0 Å². The highest BCUT2D eigenvalue weighted by Crippen LogP contribution is 2.05. The molecule has 11 heavy (non-hydrogen) atoms. The van der Waals surface area contributed by atoms with Gasteiger partial charge in [-0.3, -0.25) is 4.79 Å². The number of aromatic amines is 1. The maximum Gasteiger partial charge on any atom is 0.275 e. The molecule has 1 N–H and O–H groups in total. The van der Waals surface area contributed by atoms with Gasteiger partial charge in [0, 0.05) is 0 Å². The summed E-state index contributed by atoms with van der Waals surface area (Å²) < 4.78 is 2.53. The number of aromatic nitrogens is 3. The van der Waals surface area contributed by atoms with Gasteiger partial charge in [-0.1, -0.05) is 0 Å². The van der Waals surface area contributed by atoms with Crippen molar-refractivity contribution in [3.05, 3.63) is 32.5 Å². The number of hydrogen-bond acceptors (Lipinski definition) is 2. The molecule has 0 aliphatic rings. The van der Waals surface area contributed by atoms with Crippen LogP contribution >= 0.6 is 22.6 Å². The maximum atomic E-state index is 11.1. The molecule has 2 rings (SSSR count). The topological polar surface area (TPSA) is 50.2 Å². The van der Waals surface area contributed by atoms with E-state index in [-0.39, 0.29) is 5.56 Å². The van der Waals surface area contributed by atoms with Crippen molar-refractivity contribution >= 4 is 28.1 Å². The van der Waals surface area contributed by atoms with Crippen LogP contribution < -0.4 is 5.56 Å². The molecule has 5 heteroatoms. The Morgan fingerprint density at radius 3 is 3.09 bits per heavy atom. The lowest BCUT2D eigenvalue weighted by molar-refractivity contribution is 0.870. The van der Waals surface area contributed by atoms with E-state index in [0.717, 1.165) is 3.70 Å². The van der Waals surface area contributed by atoms with Crippen molar-refractivity contribution in [1.29, 1.82) is 0 Å². The van der Waals surface area contributed by atoms with Crippen molar-refractivity contribution in [3.63, 3.8) is 0 Å². The molecular weight excluding hydrogens is 257 g/mol. The highest BCUT2D eigenvalue weighted by molar-refractivity contribution is 14.1. The van der Waals surface area contributed by atoms with Crippen LogP contribution in [0.15, 0.2) is 23.3 Å². The van der Waals surface area contributed by atoms with E-state index in [1.54, 1.807) is 10.6 Å². The van der Waals surface area contributed by atoms with Crippen molar-refractivity contribution in [3.8, 4) is 0 Å². The number of nitrogens with zero attached hydrogens (tertiary/aromatic N) is 2. The Bertz CT molecular complexity index is 444. The minimum atomic E-state index is -0.108. The first kappa shape index (κ1) is 6.84. The molecule has 0 fully saturated rings. The lowest BCUT2D eigenvalue weighted by atomic mass is 10.5. The molecule has 4 nitrogen and oxygen atoms in total. The fourth-order valence-corrected chi connectivity index (χ4v) is 1.48. The zero-order valence-corrected chi connectivity index (χ0v) is 7.57. The van der Waals surface area contributed by atoms with E-state index in [4.69, 9.17) is 0 Å². The van der Waals surface area contributed by atoms with Gasteiger partial charge >= 0.3 is 0 Å². The summed E-state index contributed by atoms with van der Waals surface area (Å²) in [6, 6.07) is 3.59. The second kappa shape index (κ2) is 2.33.